The molecule has 0 heterocycles. The molecular formula is C15H29NO3. The van der Waals surface area contributed by atoms with Crippen LogP contribution in [0, 0.1) is 5.41 Å². The van der Waals surface area contributed by atoms with Crippen LogP contribution in [0.5, 0.6) is 0 Å². The number of nitrogens with one attached hydrogen (secondary N) is 1. The van der Waals surface area contributed by atoms with E-state index in [1.807, 2.05) is 20.8 Å². The Hall–Kier alpha value is -1.06. The van der Waals surface area contributed by atoms with E-state index in [-0.39, 0.29) is 5.91 Å². The molecule has 0 rings (SSSR count). The molecule has 0 saturated carbocycles. The molecule has 0 aromatic carbocycles. The quantitative estimate of drug-likeness (QED) is 0.632. The molecule has 1 amide bonds. The molecule has 0 unspecified atom stereocenters. The lowest BCUT2D eigenvalue weighted by Gasteiger charge is -2.27. The van der Waals surface area contributed by atoms with Gasteiger partial charge >= 0.3 is 5.97 Å². The van der Waals surface area contributed by atoms with Gasteiger partial charge in [0.05, 0.1) is 0 Å². The van der Waals surface area contributed by atoms with Gasteiger partial charge < -0.3 is 10.4 Å². The third-order valence-corrected chi connectivity index (χ3v) is 3.18. The summed E-state index contributed by atoms with van der Waals surface area (Å²) in [5, 5.41) is 11.7. The van der Waals surface area contributed by atoms with Crippen LogP contribution in [0.2, 0.25) is 0 Å². The van der Waals surface area contributed by atoms with Gasteiger partial charge in [-0.05, 0) is 11.8 Å². The molecular weight excluding hydrogens is 242 g/mol. The molecule has 112 valence electrons. The average molecular weight is 271 g/mol. The third kappa shape index (κ3) is 8.62. The average Bonchev–Trinajstić information content (AvgIpc) is 2.28. The topological polar surface area (TPSA) is 66.4 Å². The van der Waals surface area contributed by atoms with Gasteiger partial charge in [-0.2, -0.15) is 0 Å². The van der Waals surface area contributed by atoms with Crippen molar-refractivity contribution in [2.75, 3.05) is 0 Å². The second kappa shape index (κ2) is 8.94. The first-order valence-electron chi connectivity index (χ1n) is 7.31. The van der Waals surface area contributed by atoms with Gasteiger partial charge in [0.25, 0.3) is 0 Å². The van der Waals surface area contributed by atoms with E-state index in [0.29, 0.717) is 6.42 Å². The third-order valence-electron chi connectivity index (χ3n) is 3.18. The van der Waals surface area contributed by atoms with Crippen molar-refractivity contribution in [3.63, 3.8) is 0 Å². The number of carbonyl (C=O) groups is 2. The number of unbranched alkanes of at least 4 members (excludes halogenated alkanes) is 5. The summed E-state index contributed by atoms with van der Waals surface area (Å²) in [6, 6.07) is -0.819. The predicted octanol–water partition coefficient (Wildman–Crippen LogP) is 3.35. The van der Waals surface area contributed by atoms with Gasteiger partial charge in [-0.25, -0.2) is 4.79 Å². The van der Waals surface area contributed by atoms with E-state index in [1.165, 1.54) is 19.3 Å². The van der Waals surface area contributed by atoms with Crippen LogP contribution in [0.25, 0.3) is 0 Å². The molecule has 2 N–H and O–H groups in total. The highest BCUT2D eigenvalue weighted by atomic mass is 16.4. The smallest absolute Gasteiger partial charge is 0.326 e. The van der Waals surface area contributed by atoms with Crippen molar-refractivity contribution in [1.82, 2.24) is 5.32 Å². The molecule has 4 heteroatoms. The molecule has 0 aliphatic rings. The van der Waals surface area contributed by atoms with E-state index >= 15 is 0 Å². The van der Waals surface area contributed by atoms with Gasteiger partial charge in [0, 0.05) is 6.42 Å². The zero-order valence-electron chi connectivity index (χ0n) is 12.8. The summed E-state index contributed by atoms with van der Waals surface area (Å²) in [5.41, 5.74) is -0.470. The minimum Gasteiger partial charge on any atom is -0.480 e. The Balaban J connectivity index is 3.92. The number of amides is 1. The molecule has 0 aliphatic heterocycles. The first-order chi connectivity index (χ1) is 8.79. The summed E-state index contributed by atoms with van der Waals surface area (Å²) < 4.78 is 0. The van der Waals surface area contributed by atoms with Crippen molar-refractivity contribution in [1.29, 1.82) is 0 Å². The minimum atomic E-state index is -0.969. The normalized spacial score (nSPS) is 13.1. The van der Waals surface area contributed by atoms with Crippen LogP contribution in [-0.4, -0.2) is 23.0 Å². The van der Waals surface area contributed by atoms with Gasteiger partial charge in [-0.1, -0.05) is 59.8 Å². The van der Waals surface area contributed by atoms with E-state index in [1.54, 1.807) is 0 Å². The highest BCUT2D eigenvalue weighted by molar-refractivity contribution is 5.84. The molecule has 0 aliphatic carbocycles. The van der Waals surface area contributed by atoms with E-state index in [2.05, 4.69) is 12.2 Å². The first kappa shape index (κ1) is 17.9. The molecule has 0 saturated heterocycles. The number of carboxylic acids is 1. The summed E-state index contributed by atoms with van der Waals surface area (Å²) in [5.74, 6) is -1.12. The van der Waals surface area contributed by atoms with Crippen LogP contribution in [-0.2, 0) is 9.59 Å². The van der Waals surface area contributed by atoms with Gasteiger partial charge in [0.15, 0.2) is 0 Å². The Morgan fingerprint density at radius 1 is 1.05 bits per heavy atom. The van der Waals surface area contributed by atoms with E-state index in [4.69, 9.17) is 5.11 Å². The Morgan fingerprint density at radius 2 is 1.58 bits per heavy atom. The van der Waals surface area contributed by atoms with Gasteiger partial charge in [0.2, 0.25) is 5.91 Å². The maximum absolute atomic E-state index is 11.7. The maximum Gasteiger partial charge on any atom is 0.326 e. The van der Waals surface area contributed by atoms with Crippen LogP contribution in [0.15, 0.2) is 0 Å². The lowest BCUT2D eigenvalue weighted by Crippen LogP contribution is -2.49. The molecule has 4 nitrogen and oxygen atoms in total. The maximum atomic E-state index is 11.7. The van der Waals surface area contributed by atoms with Crippen LogP contribution in [0.1, 0.15) is 72.6 Å². The number of aliphatic carboxylic acids is 1. The number of hydrogen-bond donors (Lipinski definition) is 2. The van der Waals surface area contributed by atoms with Crippen molar-refractivity contribution in [2.45, 2.75) is 78.7 Å². The monoisotopic (exact) mass is 271 g/mol. The number of carboxylic acid groups (broad SMARTS) is 1. The van der Waals surface area contributed by atoms with Crippen LogP contribution in [0.4, 0.5) is 0 Å². The Bertz CT molecular complexity index is 282. The van der Waals surface area contributed by atoms with Crippen molar-refractivity contribution < 1.29 is 14.7 Å². The fraction of sp³-hybridized carbons (Fsp3) is 0.867. The van der Waals surface area contributed by atoms with Crippen LogP contribution in [0.3, 0.4) is 0 Å². The van der Waals surface area contributed by atoms with E-state index in [0.717, 1.165) is 19.3 Å². The highest BCUT2D eigenvalue weighted by Gasteiger charge is 2.32. The van der Waals surface area contributed by atoms with E-state index < -0.39 is 17.4 Å². The molecule has 0 radical (unpaired) electrons. The Morgan fingerprint density at radius 3 is 2.05 bits per heavy atom. The predicted molar refractivity (Wildman–Crippen MR) is 77.0 cm³/mol. The molecule has 0 aromatic rings. The number of rotatable bonds is 9. The fourth-order valence-corrected chi connectivity index (χ4v) is 1.95. The fourth-order valence-electron chi connectivity index (χ4n) is 1.95. The molecule has 19 heavy (non-hydrogen) atoms. The van der Waals surface area contributed by atoms with Crippen molar-refractivity contribution >= 4 is 11.9 Å². The second-order valence-corrected chi connectivity index (χ2v) is 6.22. The van der Waals surface area contributed by atoms with Crippen LogP contribution >= 0.6 is 0 Å². The first-order valence-corrected chi connectivity index (χ1v) is 7.31. The van der Waals surface area contributed by atoms with Gasteiger partial charge in [-0.15, -0.1) is 0 Å². The zero-order chi connectivity index (χ0) is 14.9. The molecule has 0 bridgehead atoms. The Kier molecular flexibility index (Phi) is 8.44. The van der Waals surface area contributed by atoms with Crippen molar-refractivity contribution in [3.05, 3.63) is 0 Å². The lowest BCUT2D eigenvalue weighted by molar-refractivity contribution is -0.144. The molecule has 0 aromatic heterocycles. The van der Waals surface area contributed by atoms with Gasteiger partial charge in [0.1, 0.15) is 6.04 Å². The van der Waals surface area contributed by atoms with Crippen molar-refractivity contribution in [2.24, 2.45) is 5.41 Å². The van der Waals surface area contributed by atoms with E-state index in [9.17, 15) is 9.59 Å². The number of carbonyl (C=O) groups excluding carboxylic acids is 1. The highest BCUT2D eigenvalue weighted by Crippen LogP contribution is 2.19. The number of hydrogen-bond acceptors (Lipinski definition) is 2. The Labute approximate surface area is 117 Å². The molecule has 1 atom stereocenters. The molecule has 0 fully saturated rings. The zero-order valence-corrected chi connectivity index (χ0v) is 12.8. The minimum absolute atomic E-state index is 0.155. The standard InChI is InChI=1S/C15H29NO3/c1-5-6-7-8-9-10-11-12(17)16-13(14(18)19)15(2,3)4/h13H,5-11H2,1-4H3,(H,16,17)(H,18,19)/t13-/m0/s1. The lowest BCUT2D eigenvalue weighted by atomic mass is 9.86. The van der Waals surface area contributed by atoms with Crippen LogP contribution < -0.4 is 5.32 Å². The largest absolute Gasteiger partial charge is 0.480 e. The summed E-state index contributed by atoms with van der Waals surface area (Å²) in [6.45, 7) is 7.62. The summed E-state index contributed by atoms with van der Waals surface area (Å²) >= 11 is 0. The van der Waals surface area contributed by atoms with Gasteiger partial charge in [-0.3, -0.25) is 4.79 Å². The summed E-state index contributed by atoms with van der Waals surface area (Å²) in [4.78, 5) is 22.8. The van der Waals surface area contributed by atoms with Crippen molar-refractivity contribution in [3.8, 4) is 0 Å². The summed E-state index contributed by atoms with van der Waals surface area (Å²) in [7, 11) is 0. The SMILES string of the molecule is CCCCCCCCC(=O)N[C@@H](C(=O)O)C(C)(C)C. The summed E-state index contributed by atoms with van der Waals surface area (Å²) in [6.07, 6.45) is 7.14. The molecule has 0 spiro atoms. The second-order valence-electron chi connectivity index (χ2n) is 6.22.